The molecule has 1 heterocycles. The molecular weight excluding hydrogens is 234 g/mol. The largest absolute Gasteiger partial charge is 0.507 e. The predicted octanol–water partition coefficient (Wildman–Crippen LogP) is 0.906. The molecule has 0 aliphatic carbocycles. The topological polar surface area (TPSA) is 60.0 Å². The lowest BCUT2D eigenvalue weighted by atomic mass is 10.2. The fraction of sp³-hybridized carbons (Fsp3) is 0.538. The minimum Gasteiger partial charge on any atom is -0.507 e. The van der Waals surface area contributed by atoms with Gasteiger partial charge < -0.3 is 24.6 Å². The van der Waals surface area contributed by atoms with Crippen molar-refractivity contribution in [1.82, 2.24) is 5.32 Å². The smallest absolute Gasteiger partial charge is 0.123 e. The zero-order chi connectivity index (χ0) is 12.8. The lowest BCUT2D eigenvalue weighted by Crippen LogP contribution is -2.37. The molecule has 0 bridgehead atoms. The summed E-state index contributed by atoms with van der Waals surface area (Å²) in [6, 6.07) is 5.29. The summed E-state index contributed by atoms with van der Waals surface area (Å²) in [6.07, 6.45) is 0.0964. The number of hydrogen-bond acceptors (Lipinski definition) is 5. The van der Waals surface area contributed by atoms with Crippen molar-refractivity contribution >= 4 is 0 Å². The van der Waals surface area contributed by atoms with Crippen LogP contribution in [0.3, 0.4) is 0 Å². The van der Waals surface area contributed by atoms with Crippen LogP contribution < -0.4 is 10.1 Å². The minimum absolute atomic E-state index is 0.0964. The molecule has 5 nitrogen and oxygen atoms in total. The summed E-state index contributed by atoms with van der Waals surface area (Å²) in [4.78, 5) is 0. The van der Waals surface area contributed by atoms with E-state index >= 15 is 0 Å². The Kier molecular flexibility index (Phi) is 4.81. The molecule has 1 fully saturated rings. The summed E-state index contributed by atoms with van der Waals surface area (Å²) >= 11 is 0. The predicted molar refractivity (Wildman–Crippen MR) is 66.9 cm³/mol. The van der Waals surface area contributed by atoms with Gasteiger partial charge in [0.1, 0.15) is 11.5 Å². The molecule has 100 valence electrons. The molecule has 1 aromatic rings. The van der Waals surface area contributed by atoms with Crippen LogP contribution >= 0.6 is 0 Å². The maximum absolute atomic E-state index is 9.78. The summed E-state index contributed by atoms with van der Waals surface area (Å²) in [5, 5.41) is 13.0. The molecule has 1 aromatic carbocycles. The van der Waals surface area contributed by atoms with E-state index in [1.54, 1.807) is 13.2 Å². The van der Waals surface area contributed by atoms with E-state index in [9.17, 15) is 5.11 Å². The van der Waals surface area contributed by atoms with Crippen molar-refractivity contribution in [3.8, 4) is 11.5 Å². The second-order valence-corrected chi connectivity index (χ2v) is 4.19. The Morgan fingerprint density at radius 1 is 1.44 bits per heavy atom. The monoisotopic (exact) mass is 253 g/mol. The number of methoxy groups -OCH3 is 1. The van der Waals surface area contributed by atoms with E-state index in [0.717, 1.165) is 5.56 Å². The Morgan fingerprint density at radius 2 is 2.33 bits per heavy atom. The maximum Gasteiger partial charge on any atom is 0.123 e. The number of phenols is 1. The summed E-state index contributed by atoms with van der Waals surface area (Å²) < 4.78 is 15.9. The molecule has 1 aliphatic heterocycles. The fourth-order valence-corrected chi connectivity index (χ4v) is 1.84. The van der Waals surface area contributed by atoms with Crippen molar-refractivity contribution in [1.29, 1.82) is 0 Å². The maximum atomic E-state index is 9.78. The van der Waals surface area contributed by atoms with E-state index in [0.29, 0.717) is 38.7 Å². The van der Waals surface area contributed by atoms with Gasteiger partial charge in [0, 0.05) is 24.7 Å². The average molecular weight is 253 g/mol. The summed E-state index contributed by atoms with van der Waals surface area (Å²) in [5.41, 5.74) is 0.840. The molecule has 2 rings (SSSR count). The SMILES string of the molecule is COc1ccc(CNCC2COCCO2)c(O)c1. The van der Waals surface area contributed by atoms with Gasteiger partial charge in [-0.2, -0.15) is 0 Å². The van der Waals surface area contributed by atoms with Crippen molar-refractivity contribution in [2.75, 3.05) is 33.5 Å². The zero-order valence-electron chi connectivity index (χ0n) is 10.5. The van der Waals surface area contributed by atoms with Crippen LogP contribution in [-0.2, 0) is 16.0 Å². The van der Waals surface area contributed by atoms with Crippen LogP contribution in [0.5, 0.6) is 11.5 Å². The second kappa shape index (κ2) is 6.58. The number of rotatable bonds is 5. The van der Waals surface area contributed by atoms with Crippen LogP contribution in [0.25, 0.3) is 0 Å². The van der Waals surface area contributed by atoms with Crippen molar-refractivity contribution in [2.24, 2.45) is 0 Å². The van der Waals surface area contributed by atoms with Crippen LogP contribution in [0.15, 0.2) is 18.2 Å². The van der Waals surface area contributed by atoms with Crippen LogP contribution in [0, 0.1) is 0 Å². The normalized spacial score (nSPS) is 19.7. The van der Waals surface area contributed by atoms with E-state index in [4.69, 9.17) is 14.2 Å². The van der Waals surface area contributed by atoms with Gasteiger partial charge in [-0.15, -0.1) is 0 Å². The Bertz CT molecular complexity index is 377. The van der Waals surface area contributed by atoms with Crippen LogP contribution in [0.2, 0.25) is 0 Å². The van der Waals surface area contributed by atoms with Gasteiger partial charge in [0.15, 0.2) is 0 Å². The van der Waals surface area contributed by atoms with E-state index < -0.39 is 0 Å². The number of benzene rings is 1. The highest BCUT2D eigenvalue weighted by Gasteiger charge is 2.13. The highest BCUT2D eigenvalue weighted by atomic mass is 16.6. The molecule has 2 N–H and O–H groups in total. The quantitative estimate of drug-likeness (QED) is 0.816. The number of ether oxygens (including phenoxy) is 3. The van der Waals surface area contributed by atoms with Crippen LogP contribution in [-0.4, -0.2) is 44.7 Å². The lowest BCUT2D eigenvalue weighted by molar-refractivity contribution is -0.0864. The highest BCUT2D eigenvalue weighted by molar-refractivity contribution is 5.39. The van der Waals surface area contributed by atoms with Crippen molar-refractivity contribution in [3.63, 3.8) is 0 Å². The van der Waals surface area contributed by atoms with Gasteiger partial charge in [0.2, 0.25) is 0 Å². The Hall–Kier alpha value is -1.30. The molecule has 18 heavy (non-hydrogen) atoms. The van der Waals surface area contributed by atoms with Crippen molar-refractivity contribution < 1.29 is 19.3 Å². The third-order valence-corrected chi connectivity index (χ3v) is 2.86. The van der Waals surface area contributed by atoms with Gasteiger partial charge in [-0.3, -0.25) is 0 Å². The Labute approximate surface area is 107 Å². The molecule has 1 saturated heterocycles. The molecule has 0 amide bonds. The molecule has 0 spiro atoms. The highest BCUT2D eigenvalue weighted by Crippen LogP contribution is 2.23. The molecule has 0 saturated carbocycles. The second-order valence-electron chi connectivity index (χ2n) is 4.19. The van der Waals surface area contributed by atoms with E-state index in [1.165, 1.54) is 0 Å². The van der Waals surface area contributed by atoms with Gasteiger partial charge in [-0.25, -0.2) is 0 Å². The summed E-state index contributed by atoms with van der Waals surface area (Å²) in [7, 11) is 1.58. The first-order valence-corrected chi connectivity index (χ1v) is 6.05. The molecule has 0 aromatic heterocycles. The minimum atomic E-state index is 0.0964. The molecular formula is C13H19NO4. The molecule has 1 atom stereocenters. The van der Waals surface area contributed by atoms with Gasteiger partial charge in [0.25, 0.3) is 0 Å². The van der Waals surface area contributed by atoms with Crippen LogP contribution in [0.1, 0.15) is 5.56 Å². The van der Waals surface area contributed by atoms with E-state index in [1.807, 2.05) is 12.1 Å². The van der Waals surface area contributed by atoms with E-state index in [-0.39, 0.29) is 11.9 Å². The molecule has 1 unspecified atom stereocenters. The Morgan fingerprint density at radius 3 is 3.00 bits per heavy atom. The average Bonchev–Trinajstić information content (AvgIpc) is 2.42. The first-order valence-electron chi connectivity index (χ1n) is 6.05. The van der Waals surface area contributed by atoms with Gasteiger partial charge in [-0.05, 0) is 6.07 Å². The van der Waals surface area contributed by atoms with Gasteiger partial charge >= 0.3 is 0 Å². The number of aromatic hydroxyl groups is 1. The van der Waals surface area contributed by atoms with Crippen molar-refractivity contribution in [3.05, 3.63) is 23.8 Å². The molecule has 0 radical (unpaired) electrons. The van der Waals surface area contributed by atoms with E-state index in [2.05, 4.69) is 5.32 Å². The third-order valence-electron chi connectivity index (χ3n) is 2.86. The number of hydrogen-bond donors (Lipinski definition) is 2. The van der Waals surface area contributed by atoms with Gasteiger partial charge in [-0.1, -0.05) is 6.07 Å². The molecule has 5 heteroatoms. The van der Waals surface area contributed by atoms with Crippen molar-refractivity contribution in [2.45, 2.75) is 12.6 Å². The summed E-state index contributed by atoms with van der Waals surface area (Å²) in [6.45, 7) is 3.26. The molecule has 1 aliphatic rings. The fourth-order valence-electron chi connectivity index (χ4n) is 1.84. The summed E-state index contributed by atoms with van der Waals surface area (Å²) in [5.74, 6) is 0.892. The number of nitrogens with one attached hydrogen (secondary N) is 1. The van der Waals surface area contributed by atoms with Gasteiger partial charge in [0.05, 0.1) is 33.0 Å². The Balaban J connectivity index is 1.79. The third kappa shape index (κ3) is 3.60. The standard InChI is InChI=1S/C13H19NO4/c1-16-11-3-2-10(13(15)6-11)7-14-8-12-9-17-4-5-18-12/h2-3,6,12,14-15H,4-5,7-9H2,1H3. The number of phenolic OH excluding ortho intramolecular Hbond substituents is 1. The van der Waals surface area contributed by atoms with Crippen LogP contribution in [0.4, 0.5) is 0 Å². The lowest BCUT2D eigenvalue weighted by Gasteiger charge is -2.23. The first kappa shape index (κ1) is 13.1. The first-order chi connectivity index (χ1) is 8.79. The zero-order valence-corrected chi connectivity index (χ0v) is 10.5.